The second-order valence-corrected chi connectivity index (χ2v) is 6.68. The van der Waals surface area contributed by atoms with Crippen molar-refractivity contribution in [2.24, 2.45) is 0 Å². The summed E-state index contributed by atoms with van der Waals surface area (Å²) in [5.74, 6) is 1.54. The first kappa shape index (κ1) is 19.1. The second kappa shape index (κ2) is 8.81. The number of carbonyl (C=O) groups excluding carboxylic acids is 1. The second-order valence-electron chi connectivity index (χ2n) is 6.68. The van der Waals surface area contributed by atoms with E-state index in [1.807, 2.05) is 48.5 Å². The first-order valence-electron chi connectivity index (χ1n) is 9.36. The van der Waals surface area contributed by atoms with Crippen molar-refractivity contribution in [1.82, 2.24) is 14.9 Å². The molecule has 7 nitrogen and oxygen atoms in total. The van der Waals surface area contributed by atoms with E-state index in [1.54, 1.807) is 7.11 Å². The molecule has 0 bridgehead atoms. The Morgan fingerprint density at radius 3 is 2.52 bits per heavy atom. The van der Waals surface area contributed by atoms with Crippen molar-refractivity contribution in [3.8, 4) is 5.75 Å². The molecule has 0 radical (unpaired) electrons. The minimum absolute atomic E-state index is 0.105. The number of amides is 1. The number of benzene rings is 1. The van der Waals surface area contributed by atoms with Crippen molar-refractivity contribution in [3.63, 3.8) is 0 Å². The predicted octanol–water partition coefficient (Wildman–Crippen LogP) is 2.54. The molecule has 1 aromatic heterocycles. The van der Waals surface area contributed by atoms with Crippen LogP contribution in [0.25, 0.3) is 0 Å². The molecule has 7 heteroatoms. The molecule has 3 rings (SSSR count). The topological polar surface area (TPSA) is 70.6 Å². The van der Waals surface area contributed by atoms with Crippen LogP contribution in [0.15, 0.2) is 36.7 Å². The lowest BCUT2D eigenvalue weighted by Crippen LogP contribution is -2.55. The number of carbonyl (C=O) groups is 1. The van der Waals surface area contributed by atoms with Gasteiger partial charge in [0.1, 0.15) is 5.75 Å². The summed E-state index contributed by atoms with van der Waals surface area (Å²) in [4.78, 5) is 25.6. The Morgan fingerprint density at radius 1 is 1.19 bits per heavy atom. The lowest BCUT2D eigenvalue weighted by Gasteiger charge is -2.39. The average molecular weight is 369 g/mol. The number of ether oxygens (including phenoxy) is 1. The van der Waals surface area contributed by atoms with Gasteiger partial charge in [0.25, 0.3) is 0 Å². The van der Waals surface area contributed by atoms with E-state index in [2.05, 4.69) is 27.1 Å². The molecule has 144 valence electrons. The highest BCUT2D eigenvalue weighted by Gasteiger charge is 2.32. The molecule has 2 aromatic rings. The minimum Gasteiger partial charge on any atom is -0.497 e. The number of rotatable bonds is 7. The number of piperazine rings is 1. The molecule has 0 aliphatic carbocycles. The van der Waals surface area contributed by atoms with Gasteiger partial charge in [-0.05, 0) is 37.6 Å². The number of nitrogens with one attached hydrogen (secondary N) is 1. The fourth-order valence-electron chi connectivity index (χ4n) is 3.15. The summed E-state index contributed by atoms with van der Waals surface area (Å²) in [7, 11) is 1.64. The Labute approximate surface area is 160 Å². The molecule has 2 heterocycles. The van der Waals surface area contributed by atoms with Crippen molar-refractivity contribution in [2.75, 3.05) is 37.0 Å². The highest BCUT2D eigenvalue weighted by Crippen LogP contribution is 2.24. The molecule has 1 fully saturated rings. The van der Waals surface area contributed by atoms with Gasteiger partial charge in [-0.15, -0.1) is 0 Å². The van der Waals surface area contributed by atoms with Gasteiger partial charge in [-0.2, -0.15) is 0 Å². The number of hydrogen-bond acceptors (Lipinski definition) is 6. The van der Waals surface area contributed by atoms with Gasteiger partial charge < -0.3 is 15.0 Å². The standard InChI is InChI=1S/C20H27N5O2/c1-4-9-21-20-22-12-16(13-23-20)14-24-10-11-25(19(26)15(24)2)17-5-7-18(27-3)8-6-17/h5-8,12-13,15H,4,9-11,14H2,1-3H3,(H,21,22,23)/t15-/m1/s1. The Morgan fingerprint density at radius 2 is 1.89 bits per heavy atom. The summed E-state index contributed by atoms with van der Waals surface area (Å²) in [6, 6.07) is 7.42. The van der Waals surface area contributed by atoms with Crippen molar-refractivity contribution < 1.29 is 9.53 Å². The number of aromatic nitrogens is 2. The highest BCUT2D eigenvalue weighted by molar-refractivity contribution is 5.97. The van der Waals surface area contributed by atoms with Gasteiger partial charge in [-0.25, -0.2) is 9.97 Å². The molecule has 27 heavy (non-hydrogen) atoms. The van der Waals surface area contributed by atoms with Gasteiger partial charge in [-0.3, -0.25) is 9.69 Å². The summed E-state index contributed by atoms with van der Waals surface area (Å²) < 4.78 is 5.19. The zero-order valence-corrected chi connectivity index (χ0v) is 16.2. The summed E-state index contributed by atoms with van der Waals surface area (Å²) >= 11 is 0. The van der Waals surface area contributed by atoms with Crippen molar-refractivity contribution >= 4 is 17.5 Å². The molecule has 1 aromatic carbocycles. The Hall–Kier alpha value is -2.67. The first-order chi connectivity index (χ1) is 13.1. The van der Waals surface area contributed by atoms with E-state index in [0.29, 0.717) is 19.0 Å². The van der Waals surface area contributed by atoms with Crippen molar-refractivity contribution in [1.29, 1.82) is 0 Å². The van der Waals surface area contributed by atoms with E-state index < -0.39 is 0 Å². The van der Waals surface area contributed by atoms with Gasteiger partial charge in [0.15, 0.2) is 0 Å². The fourth-order valence-corrected chi connectivity index (χ4v) is 3.15. The van der Waals surface area contributed by atoms with Gasteiger partial charge in [0.05, 0.1) is 13.2 Å². The van der Waals surface area contributed by atoms with E-state index in [1.165, 1.54) is 0 Å². The van der Waals surface area contributed by atoms with Crippen LogP contribution in [-0.2, 0) is 11.3 Å². The molecule has 0 unspecified atom stereocenters. The zero-order valence-electron chi connectivity index (χ0n) is 16.2. The van der Waals surface area contributed by atoms with E-state index >= 15 is 0 Å². The van der Waals surface area contributed by atoms with Gasteiger partial charge in [0.2, 0.25) is 11.9 Å². The molecule has 1 saturated heterocycles. The quantitative estimate of drug-likeness (QED) is 0.809. The predicted molar refractivity (Wildman–Crippen MR) is 106 cm³/mol. The van der Waals surface area contributed by atoms with E-state index in [0.717, 1.165) is 36.5 Å². The molecule has 1 amide bonds. The van der Waals surface area contributed by atoms with Crippen LogP contribution in [0.1, 0.15) is 25.8 Å². The van der Waals surface area contributed by atoms with Crippen molar-refractivity contribution in [2.45, 2.75) is 32.9 Å². The lowest BCUT2D eigenvalue weighted by atomic mass is 10.1. The average Bonchev–Trinajstić information content (AvgIpc) is 2.71. The van der Waals surface area contributed by atoms with Gasteiger partial charge >= 0.3 is 0 Å². The molecular formula is C20H27N5O2. The van der Waals surface area contributed by atoms with Crippen LogP contribution in [0.5, 0.6) is 5.75 Å². The van der Waals surface area contributed by atoms with E-state index in [9.17, 15) is 4.79 Å². The molecule has 0 spiro atoms. The van der Waals surface area contributed by atoms with Crippen LogP contribution in [0.4, 0.5) is 11.6 Å². The third-order valence-electron chi connectivity index (χ3n) is 4.79. The van der Waals surface area contributed by atoms with Crippen molar-refractivity contribution in [3.05, 3.63) is 42.2 Å². The maximum Gasteiger partial charge on any atom is 0.244 e. The summed E-state index contributed by atoms with van der Waals surface area (Å²) in [6.07, 6.45) is 4.69. The molecule has 1 aliphatic heterocycles. The Kier molecular flexibility index (Phi) is 6.24. The maximum atomic E-state index is 12.9. The van der Waals surface area contributed by atoms with Crippen LogP contribution in [0.2, 0.25) is 0 Å². The largest absolute Gasteiger partial charge is 0.497 e. The zero-order chi connectivity index (χ0) is 19.2. The van der Waals surface area contributed by atoms with Crippen LogP contribution in [0.3, 0.4) is 0 Å². The number of anilines is 2. The monoisotopic (exact) mass is 369 g/mol. The number of methoxy groups -OCH3 is 1. The van der Waals surface area contributed by atoms with Crippen LogP contribution in [0, 0.1) is 0 Å². The third kappa shape index (κ3) is 4.54. The summed E-state index contributed by atoms with van der Waals surface area (Å²) in [5, 5.41) is 3.17. The summed E-state index contributed by atoms with van der Waals surface area (Å²) in [6.45, 7) is 7.04. The molecule has 0 saturated carbocycles. The van der Waals surface area contributed by atoms with Crippen LogP contribution < -0.4 is 15.0 Å². The van der Waals surface area contributed by atoms with Gasteiger partial charge in [0, 0.05) is 49.8 Å². The lowest BCUT2D eigenvalue weighted by molar-refractivity contribution is -0.125. The van der Waals surface area contributed by atoms with Gasteiger partial charge in [-0.1, -0.05) is 6.92 Å². The molecular weight excluding hydrogens is 342 g/mol. The van der Waals surface area contributed by atoms with E-state index in [-0.39, 0.29) is 11.9 Å². The van der Waals surface area contributed by atoms with E-state index in [4.69, 9.17) is 4.74 Å². The molecule has 1 atom stereocenters. The number of hydrogen-bond donors (Lipinski definition) is 1. The Balaban J connectivity index is 1.62. The smallest absolute Gasteiger partial charge is 0.244 e. The fraction of sp³-hybridized carbons (Fsp3) is 0.450. The SMILES string of the molecule is CCCNc1ncc(CN2CCN(c3ccc(OC)cc3)C(=O)[C@H]2C)cn1. The third-order valence-corrected chi connectivity index (χ3v) is 4.79. The number of nitrogens with zero attached hydrogens (tertiary/aromatic N) is 4. The molecule has 1 N–H and O–H groups in total. The van der Waals surface area contributed by atoms with Crippen LogP contribution in [-0.4, -0.2) is 53.6 Å². The highest BCUT2D eigenvalue weighted by atomic mass is 16.5. The Bertz CT molecular complexity index is 748. The molecule has 1 aliphatic rings. The minimum atomic E-state index is -0.196. The summed E-state index contributed by atoms with van der Waals surface area (Å²) in [5.41, 5.74) is 1.91. The maximum absolute atomic E-state index is 12.9. The first-order valence-corrected chi connectivity index (χ1v) is 9.36. The van der Waals surface area contributed by atoms with Crippen LogP contribution >= 0.6 is 0 Å². The normalized spacial score (nSPS) is 17.8.